The zero-order chi connectivity index (χ0) is 32.6. The van der Waals surface area contributed by atoms with Crippen LogP contribution in [0.25, 0.3) is 0 Å². The molecule has 0 aliphatic carbocycles. The van der Waals surface area contributed by atoms with Crippen molar-refractivity contribution in [1.29, 1.82) is 0 Å². The molecule has 236 valence electrons. The van der Waals surface area contributed by atoms with Crippen LogP contribution in [0.15, 0.2) is 66.5 Å². The number of ether oxygens (including phenoxy) is 2. The number of aryl methyl sites for hydroxylation is 1. The summed E-state index contributed by atoms with van der Waals surface area (Å²) in [5.74, 6) is -2.62. The topological polar surface area (TPSA) is 139 Å². The van der Waals surface area contributed by atoms with E-state index in [4.69, 9.17) is 18.3 Å². The first-order valence-corrected chi connectivity index (χ1v) is 18.6. The lowest BCUT2D eigenvalue weighted by molar-refractivity contribution is -0.172. The fourth-order valence-corrected chi connectivity index (χ4v) is 6.45. The van der Waals surface area contributed by atoms with Crippen molar-refractivity contribution in [2.45, 2.75) is 84.3 Å². The van der Waals surface area contributed by atoms with Gasteiger partial charge in [0.15, 0.2) is 11.2 Å². The predicted octanol–water partition coefficient (Wildman–Crippen LogP) is 5.96. The molecule has 10 nitrogen and oxygen atoms in total. The third kappa shape index (κ3) is 8.76. The zero-order valence-electron chi connectivity index (χ0n) is 26.5. The molecule has 1 atom stereocenters. The van der Waals surface area contributed by atoms with Crippen LogP contribution in [0.1, 0.15) is 59.3 Å². The predicted molar refractivity (Wildman–Crippen MR) is 167 cm³/mol. The van der Waals surface area contributed by atoms with Gasteiger partial charge in [-0.1, -0.05) is 44.5 Å². The minimum Gasteiger partial charge on any atom is -0.539 e. The maximum atomic E-state index is 13.9. The number of hydrogen-bond acceptors (Lipinski definition) is 9. The molecule has 1 aromatic carbocycles. The Kier molecular flexibility index (Phi) is 11.9. The average molecular weight is 634 g/mol. The molecule has 1 unspecified atom stereocenters. The van der Waals surface area contributed by atoms with Crippen molar-refractivity contribution in [3.63, 3.8) is 0 Å². The van der Waals surface area contributed by atoms with E-state index in [1.165, 1.54) is 30.7 Å². The van der Waals surface area contributed by atoms with E-state index in [0.29, 0.717) is 0 Å². The van der Waals surface area contributed by atoms with Crippen LogP contribution in [0.2, 0.25) is 18.1 Å². The molecular weight excluding hydrogens is 590 g/mol. The summed E-state index contributed by atoms with van der Waals surface area (Å²) in [5.41, 5.74) is -1.60. The average Bonchev–Trinajstić information content (AvgIpc) is 2.89. The highest BCUT2D eigenvalue weighted by molar-refractivity contribution is 7.96. The maximum Gasteiger partial charge on any atom is 0.324 e. The van der Waals surface area contributed by atoms with E-state index in [-0.39, 0.29) is 41.1 Å². The van der Waals surface area contributed by atoms with E-state index in [1.807, 2.05) is 40.8 Å². The SMILES string of the molecule is CCOC(=O)C(C/C=C/S(=O)(=NC(C)=O)c1ccc(C)cc1)(Cc1occc(=O)c1O[Si](C)(C)C(C)(C)C)C(=O)OCC. The van der Waals surface area contributed by atoms with Gasteiger partial charge < -0.3 is 18.3 Å². The third-order valence-electron chi connectivity index (χ3n) is 7.23. The lowest BCUT2D eigenvalue weighted by Gasteiger charge is -2.36. The van der Waals surface area contributed by atoms with Crippen molar-refractivity contribution in [3.05, 3.63) is 69.6 Å². The van der Waals surface area contributed by atoms with E-state index in [9.17, 15) is 23.4 Å². The second-order valence-electron chi connectivity index (χ2n) is 11.7. The minimum absolute atomic E-state index is 0.0282. The van der Waals surface area contributed by atoms with Crippen molar-refractivity contribution >= 4 is 35.9 Å². The number of carbonyl (C=O) groups is 3. The molecule has 1 aromatic heterocycles. The molecule has 43 heavy (non-hydrogen) atoms. The van der Waals surface area contributed by atoms with Crippen LogP contribution in [0, 0.1) is 12.3 Å². The molecule has 0 aliphatic heterocycles. The lowest BCUT2D eigenvalue weighted by atomic mass is 9.79. The number of allylic oxidation sites excluding steroid dienone is 1. The van der Waals surface area contributed by atoms with Crippen molar-refractivity contribution in [1.82, 2.24) is 0 Å². The van der Waals surface area contributed by atoms with Crippen LogP contribution in [-0.2, 0) is 40.0 Å². The summed E-state index contributed by atoms with van der Waals surface area (Å²) in [5, 5.41) is 0.936. The highest BCUT2D eigenvalue weighted by atomic mass is 32.2. The maximum absolute atomic E-state index is 13.9. The molecule has 0 spiro atoms. The minimum atomic E-state index is -3.41. The Bertz CT molecular complexity index is 1510. The fourth-order valence-electron chi connectivity index (χ4n) is 3.83. The highest BCUT2D eigenvalue weighted by Crippen LogP contribution is 2.39. The molecule has 12 heteroatoms. The Labute approximate surface area is 255 Å². The Balaban J connectivity index is 2.75. The molecule has 0 radical (unpaired) electrons. The van der Waals surface area contributed by atoms with Crippen molar-refractivity contribution in [2.24, 2.45) is 9.78 Å². The summed E-state index contributed by atoms with van der Waals surface area (Å²) in [6.45, 7) is 16.1. The van der Waals surface area contributed by atoms with Gasteiger partial charge in [-0.2, -0.15) is 4.36 Å². The molecule has 0 saturated heterocycles. The summed E-state index contributed by atoms with van der Waals surface area (Å²) >= 11 is 0. The van der Waals surface area contributed by atoms with E-state index in [1.54, 1.807) is 38.1 Å². The Morgan fingerprint density at radius 2 is 1.56 bits per heavy atom. The van der Waals surface area contributed by atoms with Crippen molar-refractivity contribution < 1.29 is 36.9 Å². The third-order valence-corrected chi connectivity index (χ3v) is 13.6. The first kappa shape index (κ1) is 35.7. The van der Waals surface area contributed by atoms with Gasteiger partial charge in [0.1, 0.15) is 15.5 Å². The molecule has 1 heterocycles. The molecule has 0 bridgehead atoms. The van der Waals surface area contributed by atoms with Crippen LogP contribution < -0.4 is 9.85 Å². The standard InChI is InChI=1S/C31H43NO9SSi/c1-10-38-28(35)31(29(36)39-11-2,18-12-20-42(37,32-23(4)33)24-15-13-22(3)14-16-24)21-26-27(25(34)17-19-40-26)41-43(8,9)30(5,6)7/h12-17,19-20H,10-11,18,21H2,1-9H3/b20-12+. The fraction of sp³-hybridized carbons (Fsp3) is 0.484. The Hall–Kier alpha value is -3.51. The second kappa shape index (κ2) is 14.3. The number of rotatable bonds is 12. The zero-order valence-corrected chi connectivity index (χ0v) is 28.3. The van der Waals surface area contributed by atoms with Gasteiger partial charge >= 0.3 is 11.9 Å². The molecule has 0 fully saturated rings. The first-order valence-electron chi connectivity index (χ1n) is 14.1. The van der Waals surface area contributed by atoms with E-state index >= 15 is 0 Å². The summed E-state index contributed by atoms with van der Waals surface area (Å²) in [6.07, 6.45) is 1.71. The molecular formula is C31H43NO9SSi. The molecule has 0 aliphatic rings. The van der Waals surface area contributed by atoms with Gasteiger partial charge in [-0.15, -0.1) is 0 Å². The van der Waals surface area contributed by atoms with Gasteiger partial charge in [0.05, 0.1) is 24.4 Å². The van der Waals surface area contributed by atoms with Crippen LogP contribution in [0.5, 0.6) is 5.75 Å². The van der Waals surface area contributed by atoms with Gasteiger partial charge in [0.25, 0.3) is 14.2 Å². The van der Waals surface area contributed by atoms with Gasteiger partial charge in [-0.3, -0.25) is 19.2 Å². The van der Waals surface area contributed by atoms with E-state index in [0.717, 1.165) is 5.56 Å². The molecule has 1 amide bonds. The molecule has 0 N–H and O–H groups in total. The van der Waals surface area contributed by atoms with Gasteiger partial charge in [0, 0.05) is 24.8 Å². The first-order chi connectivity index (χ1) is 19.9. The van der Waals surface area contributed by atoms with Crippen molar-refractivity contribution in [3.8, 4) is 5.75 Å². The molecule has 2 rings (SSSR count). The number of amides is 1. The molecule has 0 saturated carbocycles. The lowest BCUT2D eigenvalue weighted by Crippen LogP contribution is -2.46. The normalized spacial score (nSPS) is 13.7. The van der Waals surface area contributed by atoms with E-state index < -0.39 is 53.2 Å². The van der Waals surface area contributed by atoms with Crippen LogP contribution >= 0.6 is 0 Å². The summed E-state index contributed by atoms with van der Waals surface area (Å²) in [4.78, 5) is 52.5. The quantitative estimate of drug-likeness (QED) is 0.157. The number of esters is 2. The van der Waals surface area contributed by atoms with Gasteiger partial charge in [-0.25, -0.2) is 4.21 Å². The monoisotopic (exact) mass is 633 g/mol. The van der Waals surface area contributed by atoms with E-state index in [2.05, 4.69) is 4.36 Å². The number of nitrogens with zero attached hydrogens (tertiary/aromatic N) is 1. The highest BCUT2D eigenvalue weighted by Gasteiger charge is 2.50. The summed E-state index contributed by atoms with van der Waals surface area (Å²) in [6, 6.07) is 7.88. The van der Waals surface area contributed by atoms with Crippen LogP contribution in [0.3, 0.4) is 0 Å². The second-order valence-corrected chi connectivity index (χ2v) is 18.5. The van der Waals surface area contributed by atoms with Gasteiger partial charge in [-0.05, 0) is 57.5 Å². The van der Waals surface area contributed by atoms with Crippen molar-refractivity contribution in [2.75, 3.05) is 13.2 Å². The Morgan fingerprint density at radius 1 is 1.00 bits per heavy atom. The summed E-state index contributed by atoms with van der Waals surface area (Å²) < 4.78 is 40.5. The molecule has 2 aromatic rings. The van der Waals surface area contributed by atoms with Crippen LogP contribution in [-0.4, -0.2) is 43.6 Å². The van der Waals surface area contributed by atoms with Gasteiger partial charge in [0.2, 0.25) is 5.43 Å². The number of hydrogen-bond donors (Lipinski definition) is 0. The smallest absolute Gasteiger partial charge is 0.324 e. The largest absolute Gasteiger partial charge is 0.539 e. The summed E-state index contributed by atoms with van der Waals surface area (Å²) in [7, 11) is -5.98. The number of carbonyl (C=O) groups excluding carboxylic acids is 3. The Morgan fingerprint density at radius 3 is 2.05 bits per heavy atom. The number of benzene rings is 1. The van der Waals surface area contributed by atoms with Crippen LogP contribution in [0.4, 0.5) is 0 Å².